The molecular formula is C23H21BrN4O. The molecule has 2 aromatic carbocycles. The predicted octanol–water partition coefficient (Wildman–Crippen LogP) is 3.79. The number of benzene rings is 2. The third-order valence-corrected chi connectivity index (χ3v) is 5.83. The topological polar surface area (TPSA) is 61.9 Å². The second-order valence-electron chi connectivity index (χ2n) is 7.37. The summed E-state index contributed by atoms with van der Waals surface area (Å²) in [7, 11) is 0. The highest BCUT2D eigenvalue weighted by Crippen LogP contribution is 2.18. The van der Waals surface area contributed by atoms with Gasteiger partial charge in [-0.2, -0.15) is 5.26 Å². The van der Waals surface area contributed by atoms with Crippen LogP contribution in [0.2, 0.25) is 0 Å². The quantitative estimate of drug-likeness (QED) is 0.608. The van der Waals surface area contributed by atoms with Gasteiger partial charge in [0.05, 0.1) is 29.4 Å². The Labute approximate surface area is 178 Å². The van der Waals surface area contributed by atoms with E-state index < -0.39 is 0 Å². The molecule has 146 valence electrons. The van der Waals surface area contributed by atoms with Gasteiger partial charge in [0, 0.05) is 30.5 Å². The first-order valence-electron chi connectivity index (χ1n) is 9.58. The van der Waals surface area contributed by atoms with Crippen molar-refractivity contribution in [3.05, 3.63) is 97.1 Å². The van der Waals surface area contributed by atoms with Crippen molar-refractivity contribution in [1.82, 2.24) is 14.5 Å². The summed E-state index contributed by atoms with van der Waals surface area (Å²) >= 11 is 3.45. The molecule has 3 aromatic rings. The molecule has 0 radical (unpaired) electrons. The lowest BCUT2D eigenvalue weighted by Gasteiger charge is -2.28. The molecular weight excluding hydrogens is 428 g/mol. The van der Waals surface area contributed by atoms with Crippen molar-refractivity contribution in [3.8, 4) is 6.07 Å². The monoisotopic (exact) mass is 448 g/mol. The molecule has 1 aliphatic heterocycles. The van der Waals surface area contributed by atoms with Gasteiger partial charge < -0.3 is 0 Å². The maximum absolute atomic E-state index is 13.2. The van der Waals surface area contributed by atoms with E-state index in [9.17, 15) is 4.79 Å². The summed E-state index contributed by atoms with van der Waals surface area (Å²) in [6, 6.07) is 17.8. The number of rotatable bonds is 4. The van der Waals surface area contributed by atoms with Gasteiger partial charge >= 0.3 is 0 Å². The molecule has 29 heavy (non-hydrogen) atoms. The number of hydrogen-bond acceptors (Lipinski definition) is 4. The van der Waals surface area contributed by atoms with E-state index in [2.05, 4.69) is 26.9 Å². The molecule has 0 N–H and O–H groups in total. The van der Waals surface area contributed by atoms with E-state index in [1.54, 1.807) is 4.57 Å². The minimum Gasteiger partial charge on any atom is -0.294 e. The Morgan fingerprint density at radius 3 is 2.69 bits per heavy atom. The number of aryl methyl sites for hydroxylation is 1. The van der Waals surface area contributed by atoms with Crippen molar-refractivity contribution in [1.29, 1.82) is 5.26 Å². The summed E-state index contributed by atoms with van der Waals surface area (Å²) in [4.78, 5) is 20.2. The van der Waals surface area contributed by atoms with Crippen molar-refractivity contribution in [2.45, 2.75) is 33.0 Å². The number of aromatic nitrogens is 2. The lowest BCUT2D eigenvalue weighted by atomic mass is 10.0. The van der Waals surface area contributed by atoms with E-state index in [0.29, 0.717) is 18.7 Å². The molecule has 0 atom stereocenters. The first-order chi connectivity index (χ1) is 14.0. The molecule has 0 saturated carbocycles. The second-order valence-corrected chi connectivity index (χ2v) is 8.29. The Morgan fingerprint density at radius 1 is 1.14 bits per heavy atom. The van der Waals surface area contributed by atoms with Crippen LogP contribution in [0.25, 0.3) is 0 Å². The smallest absolute Gasteiger partial charge is 0.258 e. The minimum absolute atomic E-state index is 0.0471. The third-order valence-electron chi connectivity index (χ3n) is 5.30. The molecule has 0 unspecified atom stereocenters. The maximum atomic E-state index is 13.2. The highest BCUT2D eigenvalue weighted by Gasteiger charge is 2.22. The minimum atomic E-state index is 0.0471. The molecule has 2 heterocycles. The summed E-state index contributed by atoms with van der Waals surface area (Å²) in [5.74, 6) is 0.756. The van der Waals surface area contributed by atoms with Crippen LogP contribution in [-0.4, -0.2) is 21.0 Å². The largest absolute Gasteiger partial charge is 0.294 e. The molecule has 6 heteroatoms. The number of fused-ring (bicyclic) bond motifs is 1. The van der Waals surface area contributed by atoms with E-state index >= 15 is 0 Å². The van der Waals surface area contributed by atoms with E-state index in [0.717, 1.165) is 52.2 Å². The van der Waals surface area contributed by atoms with Crippen molar-refractivity contribution in [2.75, 3.05) is 6.54 Å². The first kappa shape index (κ1) is 19.6. The molecule has 0 amide bonds. The zero-order valence-electron chi connectivity index (χ0n) is 16.2. The van der Waals surface area contributed by atoms with Crippen LogP contribution < -0.4 is 5.56 Å². The van der Waals surface area contributed by atoms with Gasteiger partial charge in [0.15, 0.2) is 0 Å². The number of hydrogen-bond donors (Lipinski definition) is 0. The van der Waals surface area contributed by atoms with Gasteiger partial charge in [0.2, 0.25) is 0 Å². The van der Waals surface area contributed by atoms with Gasteiger partial charge in [-0.05, 0) is 42.3 Å². The molecule has 0 aliphatic carbocycles. The average Bonchev–Trinajstić information content (AvgIpc) is 2.73. The Bertz CT molecular complexity index is 1150. The van der Waals surface area contributed by atoms with Crippen molar-refractivity contribution in [2.24, 2.45) is 0 Å². The van der Waals surface area contributed by atoms with Crippen molar-refractivity contribution < 1.29 is 0 Å². The SMILES string of the molecule is Cc1nc2c(c(=O)n1Cc1ccc(Br)cc1)CN(Cc1cccc(C#N)c1)CC2. The number of nitrogens with zero attached hydrogens (tertiary/aromatic N) is 4. The van der Waals surface area contributed by atoms with Crippen LogP contribution >= 0.6 is 15.9 Å². The van der Waals surface area contributed by atoms with Crippen LogP contribution in [0, 0.1) is 18.3 Å². The molecule has 0 fully saturated rings. The predicted molar refractivity (Wildman–Crippen MR) is 115 cm³/mol. The number of nitriles is 1. The Hall–Kier alpha value is -2.75. The average molecular weight is 449 g/mol. The lowest BCUT2D eigenvalue weighted by Crippen LogP contribution is -2.38. The van der Waals surface area contributed by atoms with Gasteiger partial charge in [0.25, 0.3) is 5.56 Å². The van der Waals surface area contributed by atoms with Crippen molar-refractivity contribution >= 4 is 15.9 Å². The highest BCUT2D eigenvalue weighted by atomic mass is 79.9. The molecule has 0 saturated heterocycles. The maximum Gasteiger partial charge on any atom is 0.258 e. The molecule has 1 aliphatic rings. The standard InChI is InChI=1S/C23H21BrN4O/c1-16-26-22-9-10-27(13-19-4-2-3-18(11-19)12-25)15-21(22)23(29)28(16)14-17-5-7-20(24)8-6-17/h2-8,11H,9-10,13-15H2,1H3. The molecule has 5 nitrogen and oxygen atoms in total. The molecule has 1 aromatic heterocycles. The second kappa shape index (κ2) is 8.32. The van der Waals surface area contributed by atoms with E-state index in [1.807, 2.05) is 55.5 Å². The van der Waals surface area contributed by atoms with Crippen LogP contribution in [0.4, 0.5) is 0 Å². The molecule has 0 spiro atoms. The molecule has 4 rings (SSSR count). The van der Waals surface area contributed by atoms with Crippen LogP contribution in [0.3, 0.4) is 0 Å². The van der Waals surface area contributed by atoms with E-state index in [4.69, 9.17) is 10.2 Å². The Morgan fingerprint density at radius 2 is 1.93 bits per heavy atom. The lowest BCUT2D eigenvalue weighted by molar-refractivity contribution is 0.240. The fourth-order valence-corrected chi connectivity index (χ4v) is 4.04. The summed E-state index contributed by atoms with van der Waals surface area (Å²) in [5.41, 5.74) is 4.57. The van der Waals surface area contributed by atoms with Gasteiger partial charge in [-0.15, -0.1) is 0 Å². The van der Waals surface area contributed by atoms with Crippen molar-refractivity contribution in [3.63, 3.8) is 0 Å². The normalized spacial score (nSPS) is 13.7. The van der Waals surface area contributed by atoms with Gasteiger partial charge in [-0.25, -0.2) is 4.98 Å². The zero-order chi connectivity index (χ0) is 20.4. The fourth-order valence-electron chi connectivity index (χ4n) is 3.78. The highest BCUT2D eigenvalue weighted by molar-refractivity contribution is 9.10. The van der Waals surface area contributed by atoms with Gasteiger partial charge in [-0.1, -0.05) is 40.2 Å². The summed E-state index contributed by atoms with van der Waals surface area (Å²) in [6.45, 7) is 4.57. The summed E-state index contributed by atoms with van der Waals surface area (Å²) in [6.07, 6.45) is 0.766. The Balaban J connectivity index is 1.59. The van der Waals surface area contributed by atoms with Gasteiger partial charge in [-0.3, -0.25) is 14.3 Å². The van der Waals surface area contributed by atoms with E-state index in [-0.39, 0.29) is 5.56 Å². The van der Waals surface area contributed by atoms with Crippen LogP contribution in [0.5, 0.6) is 0 Å². The summed E-state index contributed by atoms with van der Waals surface area (Å²) in [5, 5.41) is 9.11. The van der Waals surface area contributed by atoms with Crippen LogP contribution in [0.15, 0.2) is 57.8 Å². The number of halogens is 1. The van der Waals surface area contributed by atoms with Crippen LogP contribution in [-0.2, 0) is 26.1 Å². The van der Waals surface area contributed by atoms with Gasteiger partial charge in [0.1, 0.15) is 5.82 Å². The Kier molecular flexibility index (Phi) is 5.61. The van der Waals surface area contributed by atoms with E-state index in [1.165, 1.54) is 0 Å². The third kappa shape index (κ3) is 4.31. The fraction of sp³-hybridized carbons (Fsp3) is 0.261. The first-order valence-corrected chi connectivity index (χ1v) is 10.4. The van der Waals surface area contributed by atoms with Crippen LogP contribution in [0.1, 0.15) is 33.8 Å². The zero-order valence-corrected chi connectivity index (χ0v) is 17.8. The molecule has 0 bridgehead atoms. The summed E-state index contributed by atoms with van der Waals surface area (Å²) < 4.78 is 2.78.